The molecule has 0 aliphatic carbocycles. The van der Waals surface area contributed by atoms with Gasteiger partial charge in [-0.05, 0) is 31.8 Å². The molecule has 0 fully saturated rings. The summed E-state index contributed by atoms with van der Waals surface area (Å²) in [7, 11) is 5.47. The highest BCUT2D eigenvalue weighted by atomic mass is 32.1. The zero-order valence-electron chi connectivity index (χ0n) is 20.8. The lowest BCUT2D eigenvalue weighted by Gasteiger charge is -2.24. The lowest BCUT2D eigenvalue weighted by molar-refractivity contribution is 0.0726. The summed E-state index contributed by atoms with van der Waals surface area (Å²) in [4.78, 5) is 36.0. The van der Waals surface area contributed by atoms with Crippen LogP contribution in [0.25, 0.3) is 0 Å². The van der Waals surface area contributed by atoms with E-state index in [-0.39, 0.29) is 24.7 Å². The minimum atomic E-state index is -0.518. The fourth-order valence-electron chi connectivity index (χ4n) is 3.39. The standard InChI is InChI=1S/C26H32FN5O3S/c1-30(2)13-14-31(17-20-9-5-4-6-10-20)25(33)23-19-36-24(28-23)18-32(15-16-35-3)26(34)29-22-12-8-7-11-21(22)27/h4-12,19H,13-18H2,1-3H3,(H,29,34). The predicted octanol–water partition coefficient (Wildman–Crippen LogP) is 4.17. The van der Waals surface area contributed by atoms with E-state index in [1.54, 1.807) is 29.5 Å². The Hall–Kier alpha value is -3.34. The van der Waals surface area contributed by atoms with Crippen molar-refractivity contribution in [3.63, 3.8) is 0 Å². The van der Waals surface area contributed by atoms with Gasteiger partial charge in [0.05, 0.1) is 18.8 Å². The summed E-state index contributed by atoms with van der Waals surface area (Å²) in [5.74, 6) is -0.682. The summed E-state index contributed by atoms with van der Waals surface area (Å²) in [5.41, 5.74) is 1.47. The molecule has 10 heteroatoms. The van der Waals surface area contributed by atoms with E-state index in [9.17, 15) is 14.0 Å². The molecule has 8 nitrogen and oxygen atoms in total. The van der Waals surface area contributed by atoms with E-state index in [1.807, 2.05) is 49.3 Å². The van der Waals surface area contributed by atoms with Crippen molar-refractivity contribution in [2.24, 2.45) is 0 Å². The summed E-state index contributed by atoms with van der Waals surface area (Å²) < 4.78 is 19.1. The summed E-state index contributed by atoms with van der Waals surface area (Å²) in [6.45, 7) is 2.50. The third-order valence-corrected chi connectivity index (χ3v) is 6.22. The van der Waals surface area contributed by atoms with Crippen molar-refractivity contribution in [2.75, 3.05) is 52.8 Å². The quantitative estimate of drug-likeness (QED) is 0.393. The van der Waals surface area contributed by atoms with E-state index in [0.717, 1.165) is 12.1 Å². The lowest BCUT2D eigenvalue weighted by atomic mass is 10.2. The van der Waals surface area contributed by atoms with Crippen LogP contribution in [0, 0.1) is 5.82 Å². The van der Waals surface area contributed by atoms with E-state index in [0.29, 0.717) is 30.4 Å². The van der Waals surface area contributed by atoms with E-state index in [1.165, 1.54) is 28.4 Å². The number of nitrogens with one attached hydrogen (secondary N) is 1. The van der Waals surface area contributed by atoms with E-state index in [4.69, 9.17) is 4.74 Å². The number of methoxy groups -OCH3 is 1. The minimum Gasteiger partial charge on any atom is -0.383 e. The van der Waals surface area contributed by atoms with Gasteiger partial charge in [0.1, 0.15) is 16.5 Å². The van der Waals surface area contributed by atoms with Crippen molar-refractivity contribution in [1.82, 2.24) is 19.7 Å². The number of hydrogen-bond acceptors (Lipinski definition) is 6. The molecule has 192 valence electrons. The first-order valence-corrected chi connectivity index (χ1v) is 12.5. The van der Waals surface area contributed by atoms with Crippen LogP contribution in [0.15, 0.2) is 60.0 Å². The van der Waals surface area contributed by atoms with Gasteiger partial charge in [-0.3, -0.25) is 4.79 Å². The third-order valence-electron chi connectivity index (χ3n) is 5.39. The predicted molar refractivity (Wildman–Crippen MR) is 140 cm³/mol. The van der Waals surface area contributed by atoms with Gasteiger partial charge in [-0.15, -0.1) is 11.3 Å². The monoisotopic (exact) mass is 513 g/mol. The number of likely N-dealkylation sites (N-methyl/N-ethyl adjacent to an activating group) is 1. The molecular formula is C26H32FN5O3S. The topological polar surface area (TPSA) is 78.0 Å². The first-order valence-electron chi connectivity index (χ1n) is 11.6. The van der Waals surface area contributed by atoms with E-state index >= 15 is 0 Å². The third kappa shape index (κ3) is 8.11. The smallest absolute Gasteiger partial charge is 0.322 e. The molecule has 1 heterocycles. The number of nitrogens with zero attached hydrogens (tertiary/aromatic N) is 4. The van der Waals surface area contributed by atoms with Crippen LogP contribution >= 0.6 is 11.3 Å². The number of aromatic nitrogens is 1. The molecule has 3 rings (SSSR count). The van der Waals surface area contributed by atoms with Crippen LogP contribution in [0.3, 0.4) is 0 Å². The first-order chi connectivity index (χ1) is 17.4. The fraction of sp³-hybridized carbons (Fsp3) is 0.346. The van der Waals surface area contributed by atoms with E-state index < -0.39 is 11.8 Å². The average Bonchev–Trinajstić information content (AvgIpc) is 3.34. The minimum absolute atomic E-state index is 0.0948. The Morgan fingerprint density at radius 2 is 1.69 bits per heavy atom. The number of carbonyl (C=O) groups is 2. The zero-order valence-corrected chi connectivity index (χ0v) is 21.6. The molecule has 0 saturated carbocycles. The van der Waals surface area contributed by atoms with Gasteiger partial charge >= 0.3 is 6.03 Å². The summed E-state index contributed by atoms with van der Waals surface area (Å²) >= 11 is 1.31. The number of amides is 3. The molecule has 0 atom stereocenters. The van der Waals surface area contributed by atoms with Crippen molar-refractivity contribution in [3.8, 4) is 0 Å². The Balaban J connectivity index is 1.72. The SMILES string of the molecule is COCCN(Cc1nc(C(=O)N(CCN(C)C)Cc2ccccc2)cs1)C(=O)Nc1ccccc1F. The van der Waals surface area contributed by atoms with Gasteiger partial charge in [0.2, 0.25) is 0 Å². The molecule has 1 aromatic heterocycles. The largest absolute Gasteiger partial charge is 0.383 e. The molecule has 0 bridgehead atoms. The number of para-hydroxylation sites is 1. The maximum atomic E-state index is 14.0. The molecule has 0 aliphatic rings. The number of rotatable bonds is 12. The molecule has 0 unspecified atom stereocenters. The van der Waals surface area contributed by atoms with Crippen molar-refractivity contribution in [2.45, 2.75) is 13.1 Å². The number of hydrogen-bond donors (Lipinski definition) is 1. The Kier molecular flexibility index (Phi) is 10.3. The highest BCUT2D eigenvalue weighted by molar-refractivity contribution is 7.09. The molecule has 0 saturated heterocycles. The fourth-order valence-corrected chi connectivity index (χ4v) is 4.18. The van der Waals surface area contributed by atoms with Crippen LogP contribution in [0.4, 0.5) is 14.9 Å². The number of carbonyl (C=O) groups excluding carboxylic acids is 2. The van der Waals surface area contributed by atoms with Crippen LogP contribution in [0.1, 0.15) is 21.1 Å². The van der Waals surface area contributed by atoms with Crippen LogP contribution < -0.4 is 5.32 Å². The number of thiazole rings is 1. The molecule has 2 aromatic carbocycles. The molecule has 0 aliphatic heterocycles. The second-order valence-electron chi connectivity index (χ2n) is 8.47. The normalized spacial score (nSPS) is 10.9. The molecule has 3 amide bonds. The molecule has 36 heavy (non-hydrogen) atoms. The van der Waals surface area contributed by atoms with Crippen LogP contribution in [-0.2, 0) is 17.8 Å². The summed E-state index contributed by atoms with van der Waals surface area (Å²) in [6, 6.07) is 15.3. The average molecular weight is 514 g/mol. The lowest BCUT2D eigenvalue weighted by Crippen LogP contribution is -2.37. The molecule has 0 radical (unpaired) electrons. The highest BCUT2D eigenvalue weighted by Crippen LogP contribution is 2.18. The number of anilines is 1. The van der Waals surface area contributed by atoms with Crippen LogP contribution in [-0.4, -0.2) is 79.1 Å². The van der Waals surface area contributed by atoms with Crippen molar-refractivity contribution >= 4 is 29.0 Å². The molecule has 3 aromatic rings. The Labute approximate surface area is 215 Å². The Bertz CT molecular complexity index is 1130. The second-order valence-corrected chi connectivity index (χ2v) is 9.41. The van der Waals surface area contributed by atoms with Crippen molar-refractivity contribution in [3.05, 3.63) is 82.1 Å². The van der Waals surface area contributed by atoms with Crippen LogP contribution in [0.2, 0.25) is 0 Å². The number of halogens is 1. The molecule has 1 N–H and O–H groups in total. The van der Waals surface area contributed by atoms with E-state index in [2.05, 4.69) is 10.3 Å². The second kappa shape index (κ2) is 13.7. The number of ether oxygens (including phenoxy) is 1. The van der Waals surface area contributed by atoms with Gasteiger partial charge in [-0.1, -0.05) is 42.5 Å². The van der Waals surface area contributed by atoms with Gasteiger partial charge in [0.25, 0.3) is 5.91 Å². The van der Waals surface area contributed by atoms with Gasteiger partial charge in [0.15, 0.2) is 0 Å². The first kappa shape index (κ1) is 27.3. The van der Waals surface area contributed by atoms with Crippen molar-refractivity contribution < 1.29 is 18.7 Å². The summed E-state index contributed by atoms with van der Waals surface area (Å²) in [6.07, 6.45) is 0. The van der Waals surface area contributed by atoms with Gasteiger partial charge in [-0.25, -0.2) is 14.2 Å². The zero-order chi connectivity index (χ0) is 25.9. The molecular weight excluding hydrogens is 481 g/mol. The maximum absolute atomic E-state index is 14.0. The summed E-state index contributed by atoms with van der Waals surface area (Å²) in [5, 5.41) is 4.91. The Morgan fingerprint density at radius 1 is 0.972 bits per heavy atom. The Morgan fingerprint density at radius 3 is 2.39 bits per heavy atom. The van der Waals surface area contributed by atoms with Gasteiger partial charge in [-0.2, -0.15) is 0 Å². The molecule has 0 spiro atoms. The maximum Gasteiger partial charge on any atom is 0.322 e. The van der Waals surface area contributed by atoms with Gasteiger partial charge in [0, 0.05) is 38.7 Å². The number of benzene rings is 2. The van der Waals surface area contributed by atoms with Gasteiger partial charge < -0.3 is 24.8 Å². The van der Waals surface area contributed by atoms with Crippen LogP contribution in [0.5, 0.6) is 0 Å². The van der Waals surface area contributed by atoms with Crippen molar-refractivity contribution in [1.29, 1.82) is 0 Å². The number of urea groups is 1. The highest BCUT2D eigenvalue weighted by Gasteiger charge is 2.22.